The van der Waals surface area contributed by atoms with Crippen LogP contribution in [0, 0.1) is 11.8 Å². The molecule has 0 amide bonds. The van der Waals surface area contributed by atoms with Crippen LogP contribution in [0.25, 0.3) is 0 Å². The van der Waals surface area contributed by atoms with Gasteiger partial charge < -0.3 is 10.1 Å². The number of nitrogens with one attached hydrogen (secondary N) is 1. The van der Waals surface area contributed by atoms with Crippen molar-refractivity contribution in [2.75, 3.05) is 13.1 Å². The van der Waals surface area contributed by atoms with Gasteiger partial charge in [-0.05, 0) is 27.2 Å². The monoisotopic (exact) mass is 253 g/mol. The van der Waals surface area contributed by atoms with Crippen LogP contribution in [0.4, 0.5) is 13.2 Å². The van der Waals surface area contributed by atoms with E-state index in [2.05, 4.69) is 5.32 Å². The van der Waals surface area contributed by atoms with Crippen LogP contribution in [0.5, 0.6) is 0 Å². The number of hydrogen-bond donors (Lipinski definition) is 1. The van der Waals surface area contributed by atoms with E-state index in [4.69, 9.17) is 4.74 Å². The van der Waals surface area contributed by atoms with E-state index in [0.717, 1.165) is 0 Å². The molecule has 0 aromatic carbocycles. The van der Waals surface area contributed by atoms with Crippen molar-refractivity contribution >= 4 is 5.97 Å². The lowest BCUT2D eigenvalue weighted by Crippen LogP contribution is -2.46. The molecule has 1 aliphatic rings. The molecule has 0 saturated carbocycles. The summed E-state index contributed by atoms with van der Waals surface area (Å²) >= 11 is 0. The summed E-state index contributed by atoms with van der Waals surface area (Å²) in [4.78, 5) is 11.7. The molecule has 1 N–H and O–H groups in total. The molecule has 0 aliphatic carbocycles. The third-order valence-electron chi connectivity index (χ3n) is 2.55. The van der Waals surface area contributed by atoms with Crippen molar-refractivity contribution in [1.29, 1.82) is 0 Å². The number of alkyl halides is 3. The van der Waals surface area contributed by atoms with E-state index in [1.165, 1.54) is 0 Å². The minimum absolute atomic E-state index is 0.122. The van der Waals surface area contributed by atoms with Crippen LogP contribution in [-0.4, -0.2) is 30.8 Å². The summed E-state index contributed by atoms with van der Waals surface area (Å²) < 4.78 is 42.7. The average molecular weight is 253 g/mol. The van der Waals surface area contributed by atoms with Gasteiger partial charge in [-0.3, -0.25) is 4.79 Å². The van der Waals surface area contributed by atoms with E-state index in [9.17, 15) is 18.0 Å². The highest BCUT2D eigenvalue weighted by Gasteiger charge is 2.44. The fourth-order valence-corrected chi connectivity index (χ4v) is 1.76. The Morgan fingerprint density at radius 1 is 1.24 bits per heavy atom. The maximum Gasteiger partial charge on any atom is 0.393 e. The number of hydrogen-bond acceptors (Lipinski definition) is 3. The number of ether oxygens (including phenoxy) is 1. The Hall–Kier alpha value is -0.780. The number of rotatable bonds is 1. The Balaban J connectivity index is 2.58. The van der Waals surface area contributed by atoms with Crippen molar-refractivity contribution in [2.24, 2.45) is 11.8 Å². The molecule has 1 heterocycles. The number of esters is 1. The van der Waals surface area contributed by atoms with Crippen LogP contribution >= 0.6 is 0 Å². The summed E-state index contributed by atoms with van der Waals surface area (Å²) in [6.45, 7) is 5.22. The second-order valence-corrected chi connectivity index (χ2v) is 5.36. The topological polar surface area (TPSA) is 38.3 Å². The first-order valence-electron chi connectivity index (χ1n) is 5.60. The minimum atomic E-state index is -4.26. The number of halogens is 3. The van der Waals surface area contributed by atoms with Crippen molar-refractivity contribution in [3.63, 3.8) is 0 Å². The number of piperidine rings is 1. The minimum Gasteiger partial charge on any atom is -0.460 e. The summed E-state index contributed by atoms with van der Waals surface area (Å²) in [6, 6.07) is 0. The van der Waals surface area contributed by atoms with E-state index in [0.29, 0.717) is 0 Å². The van der Waals surface area contributed by atoms with E-state index in [1.54, 1.807) is 20.8 Å². The zero-order valence-corrected chi connectivity index (χ0v) is 10.2. The van der Waals surface area contributed by atoms with Gasteiger partial charge in [-0.2, -0.15) is 13.2 Å². The van der Waals surface area contributed by atoms with E-state index in [1.807, 2.05) is 0 Å². The SMILES string of the molecule is CC(C)(C)OC(=O)[C@@H]1CNC[C@@H](C(F)(F)F)C1. The highest BCUT2D eigenvalue weighted by Crippen LogP contribution is 2.33. The second-order valence-electron chi connectivity index (χ2n) is 5.36. The molecule has 1 rings (SSSR count). The van der Waals surface area contributed by atoms with Crippen LogP contribution in [0.3, 0.4) is 0 Å². The van der Waals surface area contributed by atoms with Crippen LogP contribution in [-0.2, 0) is 9.53 Å². The molecule has 1 saturated heterocycles. The van der Waals surface area contributed by atoms with E-state index < -0.39 is 29.6 Å². The first-order chi connectivity index (χ1) is 7.59. The first kappa shape index (κ1) is 14.3. The molecular formula is C11H18F3NO2. The molecule has 1 fully saturated rings. The van der Waals surface area contributed by atoms with Gasteiger partial charge in [-0.25, -0.2) is 0 Å². The van der Waals surface area contributed by atoms with Gasteiger partial charge in [0, 0.05) is 13.1 Å². The predicted octanol–water partition coefficient (Wildman–Crippen LogP) is 2.12. The van der Waals surface area contributed by atoms with Crippen molar-refractivity contribution in [2.45, 2.75) is 39.0 Å². The quantitative estimate of drug-likeness (QED) is 0.727. The molecule has 1 aliphatic heterocycles. The molecule has 0 bridgehead atoms. The van der Waals surface area contributed by atoms with Gasteiger partial charge in [0.2, 0.25) is 0 Å². The lowest BCUT2D eigenvalue weighted by Gasteiger charge is -2.31. The maximum absolute atomic E-state index is 12.5. The molecule has 3 nitrogen and oxygen atoms in total. The summed E-state index contributed by atoms with van der Waals surface area (Å²) in [5, 5.41) is 2.64. The molecular weight excluding hydrogens is 235 g/mol. The molecule has 6 heteroatoms. The largest absolute Gasteiger partial charge is 0.460 e. The third kappa shape index (κ3) is 4.53. The molecule has 0 unspecified atom stereocenters. The van der Waals surface area contributed by atoms with Gasteiger partial charge in [0.15, 0.2) is 0 Å². The lowest BCUT2D eigenvalue weighted by atomic mass is 9.90. The smallest absolute Gasteiger partial charge is 0.393 e. The Labute approximate surface area is 98.7 Å². The summed E-state index contributed by atoms with van der Waals surface area (Å²) in [6.07, 6.45) is -4.45. The Bertz CT molecular complexity index is 283. The Morgan fingerprint density at radius 3 is 2.29 bits per heavy atom. The molecule has 0 aromatic rings. The van der Waals surface area contributed by atoms with Crippen LogP contribution in [0.2, 0.25) is 0 Å². The van der Waals surface area contributed by atoms with Crippen molar-refractivity contribution in [3.8, 4) is 0 Å². The standard InChI is InChI=1S/C11H18F3NO2/c1-10(2,3)17-9(16)7-4-8(6-15-5-7)11(12,13)14/h7-8,15H,4-6H2,1-3H3/t7-,8-/m0/s1. The normalized spacial score (nSPS) is 26.7. The van der Waals surface area contributed by atoms with Crippen LogP contribution < -0.4 is 5.32 Å². The number of carbonyl (C=O) groups excluding carboxylic acids is 1. The Morgan fingerprint density at radius 2 is 1.82 bits per heavy atom. The molecule has 2 atom stereocenters. The summed E-state index contributed by atoms with van der Waals surface area (Å²) in [5.41, 5.74) is -0.664. The molecule has 0 spiro atoms. The number of carbonyl (C=O) groups is 1. The van der Waals surface area contributed by atoms with Gasteiger partial charge in [0.05, 0.1) is 11.8 Å². The molecule has 0 radical (unpaired) electrons. The van der Waals surface area contributed by atoms with Gasteiger partial charge >= 0.3 is 12.1 Å². The first-order valence-corrected chi connectivity index (χ1v) is 5.60. The van der Waals surface area contributed by atoms with Gasteiger partial charge in [0.25, 0.3) is 0 Å². The average Bonchev–Trinajstić information content (AvgIpc) is 2.14. The predicted molar refractivity (Wildman–Crippen MR) is 56.4 cm³/mol. The highest BCUT2D eigenvalue weighted by atomic mass is 19.4. The maximum atomic E-state index is 12.5. The van der Waals surface area contributed by atoms with Gasteiger partial charge in [-0.15, -0.1) is 0 Å². The van der Waals surface area contributed by atoms with Gasteiger partial charge in [-0.1, -0.05) is 0 Å². The lowest BCUT2D eigenvalue weighted by molar-refractivity contribution is -0.187. The fraction of sp³-hybridized carbons (Fsp3) is 0.909. The fourth-order valence-electron chi connectivity index (χ4n) is 1.76. The second kappa shape index (κ2) is 4.84. The zero-order valence-electron chi connectivity index (χ0n) is 10.2. The zero-order chi connectivity index (χ0) is 13.3. The highest BCUT2D eigenvalue weighted by molar-refractivity contribution is 5.73. The molecule has 17 heavy (non-hydrogen) atoms. The van der Waals surface area contributed by atoms with Crippen molar-refractivity contribution in [1.82, 2.24) is 5.32 Å². The van der Waals surface area contributed by atoms with Crippen LogP contribution in [0.15, 0.2) is 0 Å². The van der Waals surface area contributed by atoms with Crippen LogP contribution in [0.1, 0.15) is 27.2 Å². The van der Waals surface area contributed by atoms with Crippen molar-refractivity contribution < 1.29 is 22.7 Å². The van der Waals surface area contributed by atoms with E-state index in [-0.39, 0.29) is 19.5 Å². The third-order valence-corrected chi connectivity index (χ3v) is 2.55. The molecule has 100 valence electrons. The van der Waals surface area contributed by atoms with E-state index >= 15 is 0 Å². The van der Waals surface area contributed by atoms with Crippen molar-refractivity contribution in [3.05, 3.63) is 0 Å². The van der Waals surface area contributed by atoms with Gasteiger partial charge in [0.1, 0.15) is 5.60 Å². The summed E-state index contributed by atoms with van der Waals surface area (Å²) in [7, 11) is 0. The molecule has 0 aromatic heterocycles. The summed E-state index contributed by atoms with van der Waals surface area (Å²) in [5.74, 6) is -2.73. The Kier molecular flexibility index (Phi) is 4.06.